The molecule has 0 aliphatic carbocycles. The molecule has 0 aliphatic heterocycles. The molecule has 5 nitrogen and oxygen atoms in total. The quantitative estimate of drug-likeness (QED) is 0.847. The SMILES string of the molecule is CNc1cnc(N(C)CC(=O)O)c2cc(F)c(F)c(F)c12. The number of halogens is 3. The number of aromatic nitrogens is 1. The third-order valence-electron chi connectivity index (χ3n) is 2.99. The van der Waals surface area contributed by atoms with E-state index in [2.05, 4.69) is 10.3 Å². The molecular formula is C13H12F3N3O2. The Morgan fingerprint density at radius 3 is 2.62 bits per heavy atom. The van der Waals surface area contributed by atoms with Gasteiger partial charge in [-0.2, -0.15) is 0 Å². The summed E-state index contributed by atoms with van der Waals surface area (Å²) < 4.78 is 40.9. The van der Waals surface area contributed by atoms with Gasteiger partial charge in [-0.1, -0.05) is 0 Å². The highest BCUT2D eigenvalue weighted by atomic mass is 19.2. The van der Waals surface area contributed by atoms with Gasteiger partial charge in [0.05, 0.1) is 11.9 Å². The predicted molar refractivity (Wildman–Crippen MR) is 72.1 cm³/mol. The molecule has 0 saturated heterocycles. The van der Waals surface area contributed by atoms with Crippen LogP contribution in [0.4, 0.5) is 24.7 Å². The van der Waals surface area contributed by atoms with Crippen molar-refractivity contribution < 1.29 is 23.1 Å². The Morgan fingerprint density at radius 1 is 1.38 bits per heavy atom. The predicted octanol–water partition coefficient (Wildman–Crippen LogP) is 2.21. The molecule has 0 fully saturated rings. The smallest absolute Gasteiger partial charge is 0.323 e. The van der Waals surface area contributed by atoms with E-state index in [1.54, 1.807) is 0 Å². The molecule has 1 aromatic heterocycles. The van der Waals surface area contributed by atoms with Crippen LogP contribution < -0.4 is 10.2 Å². The zero-order valence-electron chi connectivity index (χ0n) is 11.2. The lowest BCUT2D eigenvalue weighted by atomic mass is 10.1. The molecule has 2 N–H and O–H groups in total. The Kier molecular flexibility index (Phi) is 3.88. The van der Waals surface area contributed by atoms with Crippen molar-refractivity contribution in [2.75, 3.05) is 30.9 Å². The van der Waals surface area contributed by atoms with Crippen LogP contribution in [0.5, 0.6) is 0 Å². The molecule has 21 heavy (non-hydrogen) atoms. The second-order valence-electron chi connectivity index (χ2n) is 4.40. The number of carboxylic acids is 1. The number of anilines is 2. The summed E-state index contributed by atoms with van der Waals surface area (Å²) in [7, 11) is 2.89. The van der Waals surface area contributed by atoms with Gasteiger partial charge in [0.15, 0.2) is 17.5 Å². The Labute approximate surface area is 118 Å². The zero-order chi connectivity index (χ0) is 15.7. The highest BCUT2D eigenvalue weighted by molar-refractivity contribution is 6.01. The van der Waals surface area contributed by atoms with Gasteiger partial charge in [-0.05, 0) is 6.07 Å². The van der Waals surface area contributed by atoms with E-state index < -0.39 is 30.0 Å². The van der Waals surface area contributed by atoms with Gasteiger partial charge in [-0.15, -0.1) is 0 Å². The minimum Gasteiger partial charge on any atom is -0.480 e. The summed E-state index contributed by atoms with van der Waals surface area (Å²) in [6, 6.07) is 0.801. The second-order valence-corrected chi connectivity index (χ2v) is 4.40. The number of benzene rings is 1. The molecule has 0 saturated carbocycles. The van der Waals surface area contributed by atoms with Crippen molar-refractivity contribution in [3.05, 3.63) is 29.7 Å². The van der Waals surface area contributed by atoms with Crippen LogP contribution in [0.2, 0.25) is 0 Å². The normalized spacial score (nSPS) is 10.7. The number of hydrogen-bond donors (Lipinski definition) is 2. The highest BCUT2D eigenvalue weighted by Gasteiger charge is 2.21. The Morgan fingerprint density at radius 2 is 2.05 bits per heavy atom. The van der Waals surface area contributed by atoms with Gasteiger partial charge in [0.1, 0.15) is 12.4 Å². The van der Waals surface area contributed by atoms with Crippen LogP contribution in [-0.2, 0) is 4.79 Å². The number of nitrogens with zero attached hydrogens (tertiary/aromatic N) is 2. The molecule has 0 unspecified atom stereocenters. The van der Waals surface area contributed by atoms with Gasteiger partial charge < -0.3 is 15.3 Å². The van der Waals surface area contributed by atoms with Crippen LogP contribution in [0.25, 0.3) is 10.8 Å². The number of aliphatic carboxylic acids is 1. The van der Waals surface area contributed by atoms with Gasteiger partial charge >= 0.3 is 5.97 Å². The van der Waals surface area contributed by atoms with Crippen molar-refractivity contribution >= 4 is 28.2 Å². The fourth-order valence-corrected chi connectivity index (χ4v) is 2.07. The Balaban J connectivity index is 2.77. The van der Waals surface area contributed by atoms with Crippen molar-refractivity contribution in [1.29, 1.82) is 0 Å². The van der Waals surface area contributed by atoms with Gasteiger partial charge in [-0.3, -0.25) is 4.79 Å². The molecule has 0 bridgehead atoms. The summed E-state index contributed by atoms with van der Waals surface area (Å²) in [5.41, 5.74) is 0.175. The number of pyridine rings is 1. The van der Waals surface area contributed by atoms with Gasteiger partial charge in [0.25, 0.3) is 0 Å². The molecule has 112 valence electrons. The minimum atomic E-state index is -1.59. The summed E-state index contributed by atoms with van der Waals surface area (Å²) in [5, 5.41) is 11.2. The topological polar surface area (TPSA) is 65.5 Å². The van der Waals surface area contributed by atoms with Crippen LogP contribution in [0.1, 0.15) is 0 Å². The van der Waals surface area contributed by atoms with E-state index in [4.69, 9.17) is 5.11 Å². The first-order chi connectivity index (χ1) is 9.86. The fourth-order valence-electron chi connectivity index (χ4n) is 2.07. The molecule has 0 amide bonds. The van der Waals surface area contributed by atoms with Crippen molar-refractivity contribution in [2.24, 2.45) is 0 Å². The first-order valence-electron chi connectivity index (χ1n) is 5.93. The molecule has 0 atom stereocenters. The largest absolute Gasteiger partial charge is 0.480 e. The molecule has 2 aromatic rings. The lowest BCUT2D eigenvalue weighted by Gasteiger charge is -2.19. The average molecular weight is 299 g/mol. The molecule has 0 spiro atoms. The lowest BCUT2D eigenvalue weighted by molar-refractivity contribution is -0.135. The molecule has 1 heterocycles. The van der Waals surface area contributed by atoms with Gasteiger partial charge in [0, 0.05) is 24.9 Å². The molecule has 0 aliphatic rings. The maximum atomic E-state index is 14.0. The van der Waals surface area contributed by atoms with Gasteiger partial charge in [-0.25, -0.2) is 18.2 Å². The van der Waals surface area contributed by atoms with Crippen molar-refractivity contribution in [2.45, 2.75) is 0 Å². The van der Waals surface area contributed by atoms with Crippen LogP contribution in [-0.4, -0.2) is 36.7 Å². The second kappa shape index (κ2) is 5.47. The number of hydrogen-bond acceptors (Lipinski definition) is 4. The Hall–Kier alpha value is -2.51. The van der Waals surface area contributed by atoms with E-state index in [0.29, 0.717) is 0 Å². The van der Waals surface area contributed by atoms with Crippen LogP contribution >= 0.6 is 0 Å². The zero-order valence-corrected chi connectivity index (χ0v) is 11.2. The van der Waals surface area contributed by atoms with Crippen LogP contribution in [0, 0.1) is 17.5 Å². The number of rotatable bonds is 4. The highest BCUT2D eigenvalue weighted by Crippen LogP contribution is 2.33. The Bertz CT molecular complexity index is 722. The molecule has 8 heteroatoms. The maximum absolute atomic E-state index is 14.0. The summed E-state index contributed by atoms with van der Waals surface area (Å²) in [6.45, 7) is -0.415. The first-order valence-corrected chi connectivity index (χ1v) is 5.93. The van der Waals surface area contributed by atoms with Crippen molar-refractivity contribution in [3.8, 4) is 0 Å². The number of fused-ring (bicyclic) bond motifs is 1. The average Bonchev–Trinajstić information content (AvgIpc) is 2.42. The van der Waals surface area contributed by atoms with Crippen LogP contribution in [0.3, 0.4) is 0 Å². The van der Waals surface area contributed by atoms with Gasteiger partial charge in [0.2, 0.25) is 0 Å². The van der Waals surface area contributed by atoms with E-state index in [1.807, 2.05) is 0 Å². The third kappa shape index (κ3) is 2.56. The lowest BCUT2D eigenvalue weighted by Crippen LogP contribution is -2.26. The number of carboxylic acid groups (broad SMARTS) is 1. The first kappa shape index (κ1) is 14.9. The number of carbonyl (C=O) groups is 1. The molecular weight excluding hydrogens is 287 g/mol. The van der Waals surface area contributed by atoms with Crippen LogP contribution in [0.15, 0.2) is 12.3 Å². The summed E-state index contributed by atoms with van der Waals surface area (Å²) in [6.07, 6.45) is 1.23. The molecule has 1 aromatic carbocycles. The van der Waals surface area contributed by atoms with E-state index in [-0.39, 0.29) is 22.3 Å². The van der Waals surface area contributed by atoms with Crippen molar-refractivity contribution in [1.82, 2.24) is 4.98 Å². The van der Waals surface area contributed by atoms with E-state index in [9.17, 15) is 18.0 Å². The van der Waals surface area contributed by atoms with E-state index in [0.717, 1.165) is 6.07 Å². The fraction of sp³-hybridized carbons (Fsp3) is 0.231. The third-order valence-corrected chi connectivity index (χ3v) is 2.99. The van der Waals surface area contributed by atoms with Crippen molar-refractivity contribution in [3.63, 3.8) is 0 Å². The van der Waals surface area contributed by atoms with E-state index in [1.165, 1.54) is 25.2 Å². The maximum Gasteiger partial charge on any atom is 0.323 e. The number of likely N-dealkylation sites (N-methyl/N-ethyl adjacent to an activating group) is 1. The monoisotopic (exact) mass is 299 g/mol. The number of nitrogens with one attached hydrogen (secondary N) is 1. The standard InChI is InChI=1S/C13H12F3N3O2/c1-17-8-4-18-13(19(2)5-9(20)21)6-3-7(14)11(15)12(16)10(6)8/h3-4,17H,5H2,1-2H3,(H,20,21). The summed E-state index contributed by atoms with van der Waals surface area (Å²) in [5.74, 6) is -5.38. The summed E-state index contributed by atoms with van der Waals surface area (Å²) >= 11 is 0. The van der Waals surface area contributed by atoms with E-state index >= 15 is 0 Å². The summed E-state index contributed by atoms with van der Waals surface area (Å²) in [4.78, 5) is 15.9. The molecule has 2 rings (SSSR count). The molecule has 0 radical (unpaired) electrons. The minimum absolute atomic E-state index is 0.0120.